The van der Waals surface area contributed by atoms with Gasteiger partial charge in [0.05, 0.1) is 30.3 Å². The van der Waals surface area contributed by atoms with E-state index in [9.17, 15) is 4.79 Å². The summed E-state index contributed by atoms with van der Waals surface area (Å²) in [6.07, 6.45) is 3.67. The molecule has 3 aromatic rings. The number of hydrogen-bond donors (Lipinski definition) is 2. The van der Waals surface area contributed by atoms with E-state index in [1.807, 2.05) is 41.1 Å². The largest absolute Gasteiger partial charge is 0.497 e. The summed E-state index contributed by atoms with van der Waals surface area (Å²) in [6, 6.07) is 15.6. The first kappa shape index (κ1) is 19.2. The number of benzene rings is 2. The highest BCUT2D eigenvalue weighted by Crippen LogP contribution is 2.31. The van der Waals surface area contributed by atoms with Crippen molar-refractivity contribution in [3.8, 4) is 11.4 Å². The first-order chi connectivity index (χ1) is 14.2. The maximum absolute atomic E-state index is 13.1. The Kier molecular flexibility index (Phi) is 5.62. The number of carbonyl (C=O) groups excluding carboxylic acids is 1. The summed E-state index contributed by atoms with van der Waals surface area (Å²) < 4.78 is 7.12. The van der Waals surface area contributed by atoms with Gasteiger partial charge in [-0.2, -0.15) is 5.10 Å². The van der Waals surface area contributed by atoms with Crippen LogP contribution in [0.25, 0.3) is 5.69 Å². The average molecular weight is 390 g/mol. The summed E-state index contributed by atoms with van der Waals surface area (Å²) in [5.74, 6) is 0.907. The fourth-order valence-corrected chi connectivity index (χ4v) is 3.86. The molecule has 1 aliphatic heterocycles. The van der Waals surface area contributed by atoms with Gasteiger partial charge in [-0.1, -0.05) is 12.1 Å². The van der Waals surface area contributed by atoms with Gasteiger partial charge >= 0.3 is 0 Å². The highest BCUT2D eigenvalue weighted by molar-refractivity contribution is 6.05. The van der Waals surface area contributed by atoms with Crippen molar-refractivity contribution in [2.45, 2.75) is 25.7 Å². The van der Waals surface area contributed by atoms with Gasteiger partial charge in [0.25, 0.3) is 5.91 Å². The van der Waals surface area contributed by atoms with E-state index in [-0.39, 0.29) is 11.8 Å². The maximum Gasteiger partial charge on any atom is 0.259 e. The number of methoxy groups -OCH3 is 1. The Morgan fingerprint density at radius 2 is 1.93 bits per heavy atom. The highest BCUT2D eigenvalue weighted by atomic mass is 16.5. The molecule has 150 valence electrons. The molecule has 1 fully saturated rings. The lowest BCUT2D eigenvalue weighted by atomic mass is 9.91. The van der Waals surface area contributed by atoms with Crippen LogP contribution in [0.3, 0.4) is 0 Å². The van der Waals surface area contributed by atoms with Gasteiger partial charge in [-0.25, -0.2) is 4.68 Å². The molecule has 2 N–H and O–H groups in total. The minimum absolute atomic E-state index is 0.136. The number of rotatable bonds is 5. The standard InChI is InChI=1S/C23H26N4O2/c1-16-4-3-5-19(14-16)27-22(17-10-12-24-13-11-17)21(15-25-27)23(28)26-18-6-8-20(29-2)9-7-18/h3-9,14-15,17,24H,10-13H2,1-2H3,(H,26,28). The number of hydrogen-bond acceptors (Lipinski definition) is 4. The van der Waals surface area contributed by atoms with Gasteiger partial charge in [-0.3, -0.25) is 4.79 Å². The topological polar surface area (TPSA) is 68.2 Å². The molecule has 1 aliphatic rings. The van der Waals surface area contributed by atoms with Crippen molar-refractivity contribution in [2.75, 3.05) is 25.5 Å². The lowest BCUT2D eigenvalue weighted by molar-refractivity contribution is 0.102. The van der Waals surface area contributed by atoms with Gasteiger partial charge in [0.2, 0.25) is 0 Å². The molecule has 0 atom stereocenters. The molecule has 0 radical (unpaired) electrons. The van der Waals surface area contributed by atoms with Crippen molar-refractivity contribution in [1.82, 2.24) is 15.1 Å². The van der Waals surface area contributed by atoms with Gasteiger partial charge in [0.1, 0.15) is 5.75 Å². The third-order valence-corrected chi connectivity index (χ3v) is 5.37. The van der Waals surface area contributed by atoms with Crippen LogP contribution in [0.2, 0.25) is 0 Å². The van der Waals surface area contributed by atoms with Crippen LogP contribution in [0, 0.1) is 6.92 Å². The number of amides is 1. The molecule has 0 unspecified atom stereocenters. The minimum Gasteiger partial charge on any atom is -0.497 e. The van der Waals surface area contributed by atoms with Gasteiger partial charge < -0.3 is 15.4 Å². The number of anilines is 1. The fourth-order valence-electron chi connectivity index (χ4n) is 3.86. The monoisotopic (exact) mass is 390 g/mol. The zero-order valence-corrected chi connectivity index (χ0v) is 16.8. The Morgan fingerprint density at radius 3 is 2.62 bits per heavy atom. The van der Waals surface area contributed by atoms with Crippen molar-refractivity contribution in [3.63, 3.8) is 0 Å². The van der Waals surface area contributed by atoms with E-state index < -0.39 is 0 Å². The number of aromatic nitrogens is 2. The van der Waals surface area contributed by atoms with Crippen molar-refractivity contribution < 1.29 is 9.53 Å². The van der Waals surface area contributed by atoms with Gasteiger partial charge in [0.15, 0.2) is 0 Å². The first-order valence-electron chi connectivity index (χ1n) is 9.97. The molecule has 1 saturated heterocycles. The van der Waals surface area contributed by atoms with E-state index >= 15 is 0 Å². The second kappa shape index (κ2) is 8.49. The molecule has 2 aromatic carbocycles. The van der Waals surface area contributed by atoms with Crippen LogP contribution in [0.15, 0.2) is 54.7 Å². The summed E-state index contributed by atoms with van der Waals surface area (Å²) in [5, 5.41) is 11.0. The summed E-state index contributed by atoms with van der Waals surface area (Å²) in [7, 11) is 1.62. The molecule has 0 spiro atoms. The third-order valence-electron chi connectivity index (χ3n) is 5.37. The van der Waals surface area contributed by atoms with Crippen LogP contribution in [0.1, 0.15) is 40.4 Å². The fraction of sp³-hybridized carbons (Fsp3) is 0.304. The number of carbonyl (C=O) groups is 1. The number of nitrogens with one attached hydrogen (secondary N) is 2. The number of ether oxygens (including phenoxy) is 1. The molecular weight excluding hydrogens is 364 g/mol. The van der Waals surface area contributed by atoms with Gasteiger partial charge in [-0.05, 0) is 74.8 Å². The van der Waals surface area contributed by atoms with E-state index in [0.29, 0.717) is 5.56 Å². The zero-order chi connectivity index (χ0) is 20.2. The highest BCUT2D eigenvalue weighted by Gasteiger charge is 2.27. The van der Waals surface area contributed by atoms with Crippen molar-refractivity contribution in [1.29, 1.82) is 0 Å². The zero-order valence-electron chi connectivity index (χ0n) is 16.8. The Hall–Kier alpha value is -3.12. The van der Waals surface area contributed by atoms with E-state index in [1.165, 1.54) is 5.56 Å². The Morgan fingerprint density at radius 1 is 1.17 bits per heavy atom. The second-order valence-electron chi connectivity index (χ2n) is 7.40. The Labute approximate surface area is 170 Å². The third kappa shape index (κ3) is 4.17. The number of nitrogens with zero attached hydrogens (tertiary/aromatic N) is 2. The smallest absolute Gasteiger partial charge is 0.259 e. The molecule has 0 bridgehead atoms. The van der Waals surface area contributed by atoms with Crippen molar-refractivity contribution >= 4 is 11.6 Å². The van der Waals surface area contributed by atoms with Crippen LogP contribution in [0.5, 0.6) is 5.75 Å². The molecule has 2 heterocycles. The van der Waals surface area contributed by atoms with Gasteiger partial charge in [0, 0.05) is 11.6 Å². The average Bonchev–Trinajstić information content (AvgIpc) is 3.20. The van der Waals surface area contributed by atoms with Crippen LogP contribution in [-0.2, 0) is 0 Å². The molecule has 1 amide bonds. The van der Waals surface area contributed by atoms with E-state index in [2.05, 4.69) is 34.8 Å². The summed E-state index contributed by atoms with van der Waals surface area (Å²) in [5.41, 5.74) is 4.51. The molecule has 6 nitrogen and oxygen atoms in total. The number of piperidine rings is 1. The molecule has 29 heavy (non-hydrogen) atoms. The minimum atomic E-state index is -0.136. The quantitative estimate of drug-likeness (QED) is 0.693. The molecule has 6 heteroatoms. The Balaban J connectivity index is 1.69. The molecule has 4 rings (SSSR count). The molecule has 0 saturated carbocycles. The predicted molar refractivity (Wildman–Crippen MR) is 114 cm³/mol. The SMILES string of the molecule is COc1ccc(NC(=O)c2cnn(-c3cccc(C)c3)c2C2CCNCC2)cc1. The van der Waals surface area contributed by atoms with Crippen LogP contribution < -0.4 is 15.4 Å². The van der Waals surface area contributed by atoms with E-state index in [4.69, 9.17) is 4.74 Å². The second-order valence-corrected chi connectivity index (χ2v) is 7.40. The lowest BCUT2D eigenvalue weighted by Crippen LogP contribution is -2.29. The maximum atomic E-state index is 13.1. The van der Waals surface area contributed by atoms with Crippen LogP contribution in [0.4, 0.5) is 5.69 Å². The van der Waals surface area contributed by atoms with Crippen molar-refractivity contribution in [3.05, 3.63) is 71.5 Å². The molecular formula is C23H26N4O2. The van der Waals surface area contributed by atoms with Gasteiger partial charge in [-0.15, -0.1) is 0 Å². The summed E-state index contributed by atoms with van der Waals surface area (Å²) in [6.45, 7) is 3.96. The normalized spacial score (nSPS) is 14.6. The van der Waals surface area contributed by atoms with Crippen LogP contribution in [-0.4, -0.2) is 35.9 Å². The predicted octanol–water partition coefficient (Wildman–Crippen LogP) is 3.91. The molecule has 1 aromatic heterocycles. The van der Waals surface area contributed by atoms with Crippen molar-refractivity contribution in [2.24, 2.45) is 0 Å². The first-order valence-corrected chi connectivity index (χ1v) is 9.97. The van der Waals surface area contributed by atoms with Crippen LogP contribution >= 0.6 is 0 Å². The lowest BCUT2D eigenvalue weighted by Gasteiger charge is -2.24. The summed E-state index contributed by atoms with van der Waals surface area (Å²) >= 11 is 0. The van der Waals surface area contributed by atoms with E-state index in [0.717, 1.165) is 48.7 Å². The van der Waals surface area contributed by atoms with E-state index in [1.54, 1.807) is 13.3 Å². The summed E-state index contributed by atoms with van der Waals surface area (Å²) in [4.78, 5) is 13.1. The molecule has 0 aliphatic carbocycles. The number of aryl methyl sites for hydroxylation is 1. The Bertz CT molecular complexity index is 988.